The quantitative estimate of drug-likeness (QED) is 0.665. The molecular formula is C11H23NO. The van der Waals surface area contributed by atoms with Crippen LogP contribution in [0.5, 0.6) is 0 Å². The number of hydrogen-bond donors (Lipinski definition) is 0. The molecule has 2 nitrogen and oxygen atoms in total. The van der Waals surface area contributed by atoms with Crippen LogP contribution in [0.1, 0.15) is 33.1 Å². The molecule has 0 bridgehead atoms. The number of nitrogens with zero attached hydrogens (tertiary/aromatic N) is 1. The molecule has 0 spiro atoms. The summed E-state index contributed by atoms with van der Waals surface area (Å²) in [4.78, 5) is 2.60. The molecule has 0 aliphatic carbocycles. The second-order valence-electron chi connectivity index (χ2n) is 4.19. The fourth-order valence-corrected chi connectivity index (χ4v) is 2.05. The predicted molar refractivity (Wildman–Crippen MR) is 55.9 cm³/mol. The van der Waals surface area contributed by atoms with Gasteiger partial charge in [-0.15, -0.1) is 0 Å². The van der Waals surface area contributed by atoms with Crippen molar-refractivity contribution < 1.29 is 4.74 Å². The minimum absolute atomic E-state index is 0.767. The van der Waals surface area contributed by atoms with Gasteiger partial charge in [-0.3, -0.25) is 0 Å². The van der Waals surface area contributed by atoms with E-state index in [2.05, 4.69) is 18.7 Å². The van der Waals surface area contributed by atoms with E-state index in [0.717, 1.165) is 18.6 Å². The molecule has 0 aromatic heterocycles. The van der Waals surface area contributed by atoms with Crippen molar-refractivity contribution >= 4 is 0 Å². The van der Waals surface area contributed by atoms with E-state index < -0.39 is 0 Å². The first-order chi connectivity index (χ1) is 6.27. The van der Waals surface area contributed by atoms with E-state index in [-0.39, 0.29) is 0 Å². The topological polar surface area (TPSA) is 12.5 Å². The molecule has 2 heteroatoms. The van der Waals surface area contributed by atoms with E-state index >= 15 is 0 Å². The Balaban J connectivity index is 2.22. The molecule has 1 aliphatic heterocycles. The zero-order valence-electron chi connectivity index (χ0n) is 9.25. The van der Waals surface area contributed by atoms with Crippen LogP contribution in [0.25, 0.3) is 0 Å². The summed E-state index contributed by atoms with van der Waals surface area (Å²) < 4.78 is 5.18. The average molecular weight is 185 g/mol. The molecule has 0 N–H and O–H groups in total. The zero-order chi connectivity index (χ0) is 9.68. The van der Waals surface area contributed by atoms with E-state index in [1.165, 1.54) is 32.4 Å². The molecule has 13 heavy (non-hydrogen) atoms. The molecule has 0 amide bonds. The van der Waals surface area contributed by atoms with Crippen LogP contribution in [0.3, 0.4) is 0 Å². The van der Waals surface area contributed by atoms with Crippen LogP contribution in [0, 0.1) is 5.92 Å². The molecule has 78 valence electrons. The first kappa shape index (κ1) is 11.0. The Bertz CT molecular complexity index is 130. The fourth-order valence-electron chi connectivity index (χ4n) is 2.05. The number of piperidine rings is 1. The smallest absolute Gasteiger partial charge is 0.0491 e. The van der Waals surface area contributed by atoms with Gasteiger partial charge in [-0.05, 0) is 45.2 Å². The molecule has 0 aromatic rings. The molecule has 0 radical (unpaired) electrons. The molecular weight excluding hydrogens is 162 g/mol. The van der Waals surface area contributed by atoms with Gasteiger partial charge in [0.2, 0.25) is 0 Å². The van der Waals surface area contributed by atoms with Crippen molar-refractivity contribution in [3.05, 3.63) is 0 Å². The summed E-state index contributed by atoms with van der Waals surface area (Å²) in [5.74, 6) is 0.810. The van der Waals surface area contributed by atoms with Gasteiger partial charge in [-0.25, -0.2) is 0 Å². The second kappa shape index (κ2) is 5.61. The Morgan fingerprint density at radius 3 is 2.46 bits per heavy atom. The molecule has 1 saturated heterocycles. The second-order valence-corrected chi connectivity index (χ2v) is 4.19. The van der Waals surface area contributed by atoms with Crippen LogP contribution in [0.15, 0.2) is 0 Å². The van der Waals surface area contributed by atoms with Crippen LogP contribution in [-0.2, 0) is 4.74 Å². The molecule has 0 aromatic carbocycles. The van der Waals surface area contributed by atoms with Gasteiger partial charge in [-0.2, -0.15) is 0 Å². The Hall–Kier alpha value is -0.0800. The lowest BCUT2D eigenvalue weighted by Crippen LogP contribution is -2.40. The maximum atomic E-state index is 5.18. The van der Waals surface area contributed by atoms with Crippen LogP contribution in [-0.4, -0.2) is 37.7 Å². The molecule has 1 aliphatic rings. The summed E-state index contributed by atoms with van der Waals surface area (Å²) in [6.07, 6.45) is 3.91. The van der Waals surface area contributed by atoms with Gasteiger partial charge >= 0.3 is 0 Å². The van der Waals surface area contributed by atoms with Gasteiger partial charge in [0.1, 0.15) is 0 Å². The van der Waals surface area contributed by atoms with Gasteiger partial charge in [0.25, 0.3) is 0 Å². The van der Waals surface area contributed by atoms with Crippen molar-refractivity contribution in [1.82, 2.24) is 4.90 Å². The number of likely N-dealkylation sites (tertiary alicyclic amines) is 1. The highest BCUT2D eigenvalue weighted by Gasteiger charge is 2.21. The molecule has 1 unspecified atom stereocenters. The Labute approximate surface area is 82.3 Å². The lowest BCUT2D eigenvalue weighted by molar-refractivity contribution is 0.0825. The first-order valence-electron chi connectivity index (χ1n) is 5.51. The Kier molecular flexibility index (Phi) is 4.74. The maximum Gasteiger partial charge on any atom is 0.0491 e. The van der Waals surface area contributed by atoms with Crippen molar-refractivity contribution in [2.24, 2.45) is 5.92 Å². The molecule has 1 atom stereocenters. The lowest BCUT2D eigenvalue weighted by atomic mass is 9.96. The number of methoxy groups -OCH3 is 1. The molecule has 1 rings (SSSR count). The standard InChI is InChI=1S/C11H23NO/c1-4-10(2)12-7-5-11(6-8-12)9-13-3/h10-11H,4-9H2,1-3H3. The van der Waals surface area contributed by atoms with Gasteiger partial charge in [-0.1, -0.05) is 6.92 Å². The van der Waals surface area contributed by atoms with E-state index in [1.807, 2.05) is 0 Å². The predicted octanol–water partition coefficient (Wildman–Crippen LogP) is 2.14. The number of hydrogen-bond acceptors (Lipinski definition) is 2. The third-order valence-corrected chi connectivity index (χ3v) is 3.27. The highest BCUT2D eigenvalue weighted by atomic mass is 16.5. The van der Waals surface area contributed by atoms with Crippen molar-refractivity contribution in [1.29, 1.82) is 0 Å². The highest BCUT2D eigenvalue weighted by molar-refractivity contribution is 4.75. The minimum atomic E-state index is 0.767. The monoisotopic (exact) mass is 185 g/mol. The summed E-state index contributed by atoms with van der Waals surface area (Å²) in [6, 6.07) is 0.767. The molecule has 0 saturated carbocycles. The van der Waals surface area contributed by atoms with E-state index in [1.54, 1.807) is 7.11 Å². The van der Waals surface area contributed by atoms with E-state index in [4.69, 9.17) is 4.74 Å². The number of rotatable bonds is 4. The van der Waals surface area contributed by atoms with Crippen LogP contribution >= 0.6 is 0 Å². The first-order valence-corrected chi connectivity index (χ1v) is 5.51. The minimum Gasteiger partial charge on any atom is -0.384 e. The third-order valence-electron chi connectivity index (χ3n) is 3.27. The summed E-state index contributed by atoms with van der Waals surface area (Å²) in [5, 5.41) is 0. The molecule has 1 heterocycles. The van der Waals surface area contributed by atoms with Crippen molar-refractivity contribution in [2.45, 2.75) is 39.2 Å². The SMILES string of the molecule is CCC(C)N1CCC(COC)CC1. The van der Waals surface area contributed by atoms with Crippen molar-refractivity contribution in [3.8, 4) is 0 Å². The van der Waals surface area contributed by atoms with Crippen molar-refractivity contribution in [2.75, 3.05) is 26.8 Å². The summed E-state index contributed by atoms with van der Waals surface area (Å²) >= 11 is 0. The largest absolute Gasteiger partial charge is 0.384 e. The number of ether oxygens (including phenoxy) is 1. The van der Waals surface area contributed by atoms with Crippen molar-refractivity contribution in [3.63, 3.8) is 0 Å². The summed E-state index contributed by atoms with van der Waals surface area (Å²) in [6.45, 7) is 8.09. The Morgan fingerprint density at radius 2 is 2.00 bits per heavy atom. The maximum absolute atomic E-state index is 5.18. The van der Waals surface area contributed by atoms with Crippen LogP contribution < -0.4 is 0 Å². The van der Waals surface area contributed by atoms with Gasteiger partial charge in [0.15, 0.2) is 0 Å². The zero-order valence-corrected chi connectivity index (χ0v) is 9.25. The summed E-state index contributed by atoms with van der Waals surface area (Å²) in [5.41, 5.74) is 0. The lowest BCUT2D eigenvalue weighted by Gasteiger charge is -2.35. The average Bonchev–Trinajstić information content (AvgIpc) is 2.18. The van der Waals surface area contributed by atoms with Gasteiger partial charge in [0, 0.05) is 19.8 Å². The Morgan fingerprint density at radius 1 is 1.38 bits per heavy atom. The van der Waals surface area contributed by atoms with Gasteiger partial charge in [0.05, 0.1) is 0 Å². The fraction of sp³-hybridized carbons (Fsp3) is 1.00. The van der Waals surface area contributed by atoms with Crippen LogP contribution in [0.4, 0.5) is 0 Å². The summed E-state index contributed by atoms with van der Waals surface area (Å²) in [7, 11) is 1.81. The van der Waals surface area contributed by atoms with Gasteiger partial charge < -0.3 is 9.64 Å². The van der Waals surface area contributed by atoms with E-state index in [0.29, 0.717) is 0 Å². The highest BCUT2D eigenvalue weighted by Crippen LogP contribution is 2.19. The molecule has 1 fully saturated rings. The normalized spacial score (nSPS) is 23.3. The third kappa shape index (κ3) is 3.28. The van der Waals surface area contributed by atoms with E-state index in [9.17, 15) is 0 Å². The van der Waals surface area contributed by atoms with Crippen LogP contribution in [0.2, 0.25) is 0 Å².